The summed E-state index contributed by atoms with van der Waals surface area (Å²) in [4.78, 5) is 4.76. The molecule has 3 heteroatoms. The molecule has 0 saturated heterocycles. The summed E-state index contributed by atoms with van der Waals surface area (Å²) in [6.45, 7) is 2.16. The lowest BCUT2D eigenvalue weighted by Crippen LogP contribution is -2.07. The minimum absolute atomic E-state index is 0.527. The highest BCUT2D eigenvalue weighted by molar-refractivity contribution is 6.16. The Labute approximate surface area is 124 Å². The van der Waals surface area contributed by atoms with Crippen LogP contribution in [0.5, 0.6) is 0 Å². The van der Waals surface area contributed by atoms with Crippen molar-refractivity contribution >= 4 is 22.6 Å². The Hall–Kier alpha value is -1.02. The maximum absolute atomic E-state index is 6.18. The summed E-state index contributed by atoms with van der Waals surface area (Å²) in [5, 5.41) is 0. The Morgan fingerprint density at radius 1 is 1.25 bits per heavy atom. The largest absolute Gasteiger partial charge is 0.323 e. The molecule has 0 amide bonds. The summed E-state index contributed by atoms with van der Waals surface area (Å²) in [5.74, 6) is 5.42. The SMILES string of the molecule is Cc1ccc2nc(CCl)n(C3C4C5CCC(C5)C43)c2c1. The lowest BCUT2D eigenvalue weighted by molar-refractivity contribution is 0.454. The van der Waals surface area contributed by atoms with E-state index in [9.17, 15) is 0 Å². The number of nitrogens with zero attached hydrogens (tertiary/aromatic N) is 2. The maximum atomic E-state index is 6.18. The molecule has 3 aliphatic carbocycles. The van der Waals surface area contributed by atoms with Crippen LogP contribution in [0.1, 0.15) is 36.7 Å². The van der Waals surface area contributed by atoms with Gasteiger partial charge in [0.25, 0.3) is 0 Å². The standard InChI is InChI=1S/C17H19ClN2/c1-9-2-5-12-13(6-9)20(14(8-18)19-12)17-15-10-3-4-11(7-10)16(15)17/h2,5-6,10-11,15-17H,3-4,7-8H2,1H3. The van der Waals surface area contributed by atoms with E-state index in [0.717, 1.165) is 35.0 Å². The molecule has 3 aliphatic rings. The fraction of sp³-hybridized carbons (Fsp3) is 0.588. The van der Waals surface area contributed by atoms with E-state index >= 15 is 0 Å². The minimum atomic E-state index is 0.527. The van der Waals surface area contributed by atoms with E-state index in [1.54, 1.807) is 0 Å². The van der Waals surface area contributed by atoms with Gasteiger partial charge in [-0.1, -0.05) is 6.07 Å². The fourth-order valence-corrected chi connectivity index (χ4v) is 5.49. The minimum Gasteiger partial charge on any atom is -0.323 e. The number of hydrogen-bond donors (Lipinski definition) is 0. The van der Waals surface area contributed by atoms with E-state index in [0.29, 0.717) is 11.9 Å². The highest BCUT2D eigenvalue weighted by Gasteiger charge is 2.66. The van der Waals surface area contributed by atoms with E-state index in [-0.39, 0.29) is 0 Å². The third kappa shape index (κ3) is 1.34. The first-order valence-corrected chi connectivity index (χ1v) is 8.35. The van der Waals surface area contributed by atoms with E-state index in [4.69, 9.17) is 16.6 Å². The molecular formula is C17H19ClN2. The molecule has 2 aromatic rings. The number of alkyl halides is 1. The summed E-state index contributed by atoms with van der Waals surface area (Å²) in [7, 11) is 0. The zero-order valence-corrected chi connectivity index (χ0v) is 12.5. The van der Waals surface area contributed by atoms with Gasteiger partial charge >= 0.3 is 0 Å². The second-order valence-electron chi connectivity index (χ2n) is 7.00. The van der Waals surface area contributed by atoms with Crippen molar-refractivity contribution in [1.29, 1.82) is 0 Å². The van der Waals surface area contributed by atoms with Crippen LogP contribution in [-0.4, -0.2) is 9.55 Å². The molecule has 20 heavy (non-hydrogen) atoms. The van der Waals surface area contributed by atoms with Crippen LogP contribution in [0.3, 0.4) is 0 Å². The normalized spacial score (nSPS) is 37.6. The van der Waals surface area contributed by atoms with Gasteiger partial charge in [-0.3, -0.25) is 0 Å². The number of benzene rings is 1. The van der Waals surface area contributed by atoms with E-state index in [1.807, 2.05) is 0 Å². The summed E-state index contributed by atoms with van der Waals surface area (Å²) in [6, 6.07) is 7.27. The third-order valence-corrected chi connectivity index (χ3v) is 6.27. The molecule has 0 radical (unpaired) electrons. The quantitative estimate of drug-likeness (QED) is 0.753. The Kier molecular flexibility index (Phi) is 2.20. The van der Waals surface area contributed by atoms with Crippen molar-refractivity contribution in [2.75, 3.05) is 0 Å². The monoisotopic (exact) mass is 286 g/mol. The lowest BCUT2D eigenvalue weighted by atomic mass is 10.0. The van der Waals surface area contributed by atoms with Gasteiger partial charge in [-0.05, 0) is 67.6 Å². The average molecular weight is 287 g/mol. The van der Waals surface area contributed by atoms with Gasteiger partial charge in [0.15, 0.2) is 0 Å². The Bertz CT molecular complexity index is 688. The first-order valence-electron chi connectivity index (χ1n) is 7.81. The molecule has 4 unspecified atom stereocenters. The van der Waals surface area contributed by atoms with E-state index < -0.39 is 0 Å². The number of aromatic nitrogens is 2. The van der Waals surface area contributed by atoms with E-state index in [2.05, 4.69) is 29.7 Å². The molecule has 1 aromatic heterocycles. The van der Waals surface area contributed by atoms with Crippen LogP contribution in [0, 0.1) is 30.6 Å². The van der Waals surface area contributed by atoms with Gasteiger partial charge in [-0.2, -0.15) is 0 Å². The van der Waals surface area contributed by atoms with Gasteiger partial charge in [0, 0.05) is 6.04 Å². The van der Waals surface area contributed by atoms with Crippen molar-refractivity contribution in [2.45, 2.75) is 38.1 Å². The Morgan fingerprint density at radius 2 is 2.00 bits per heavy atom. The van der Waals surface area contributed by atoms with Gasteiger partial charge in [-0.25, -0.2) is 4.98 Å². The number of aryl methyl sites for hydroxylation is 1. The van der Waals surface area contributed by atoms with Crippen molar-refractivity contribution in [2.24, 2.45) is 23.7 Å². The lowest BCUT2D eigenvalue weighted by Gasteiger charge is -2.13. The average Bonchev–Trinajstić information content (AvgIpc) is 2.80. The molecule has 0 spiro atoms. The number of halogens is 1. The van der Waals surface area contributed by atoms with Crippen molar-refractivity contribution in [3.63, 3.8) is 0 Å². The van der Waals surface area contributed by atoms with Crippen LogP contribution >= 0.6 is 11.6 Å². The summed E-state index contributed by atoms with van der Waals surface area (Å²) in [5.41, 5.74) is 3.73. The summed E-state index contributed by atoms with van der Waals surface area (Å²) in [6.07, 6.45) is 4.42. The number of fused-ring (bicyclic) bond motifs is 6. The molecule has 104 valence electrons. The first-order chi connectivity index (χ1) is 9.78. The van der Waals surface area contributed by atoms with Gasteiger partial charge in [-0.15, -0.1) is 11.6 Å². The van der Waals surface area contributed by atoms with Crippen LogP contribution in [0.4, 0.5) is 0 Å². The smallest absolute Gasteiger partial charge is 0.125 e. The van der Waals surface area contributed by atoms with Crippen LogP contribution in [-0.2, 0) is 5.88 Å². The van der Waals surface area contributed by atoms with Gasteiger partial charge < -0.3 is 4.57 Å². The third-order valence-electron chi connectivity index (χ3n) is 6.03. The topological polar surface area (TPSA) is 17.8 Å². The number of rotatable bonds is 2. The van der Waals surface area contributed by atoms with Gasteiger partial charge in [0.05, 0.1) is 16.9 Å². The predicted octanol–water partition coefficient (Wildman–Crippen LogP) is 4.30. The molecule has 2 bridgehead atoms. The molecule has 1 heterocycles. The zero-order chi connectivity index (χ0) is 13.4. The van der Waals surface area contributed by atoms with Gasteiger partial charge in [0.2, 0.25) is 0 Å². The summed E-state index contributed by atoms with van der Waals surface area (Å²) < 4.78 is 2.50. The van der Waals surface area contributed by atoms with Crippen LogP contribution in [0.25, 0.3) is 11.0 Å². The Morgan fingerprint density at radius 3 is 2.70 bits per heavy atom. The molecule has 4 atom stereocenters. The van der Waals surface area contributed by atoms with Gasteiger partial charge in [0.1, 0.15) is 5.82 Å². The molecule has 5 rings (SSSR count). The number of imidazole rings is 1. The highest BCUT2D eigenvalue weighted by atomic mass is 35.5. The van der Waals surface area contributed by atoms with Crippen LogP contribution < -0.4 is 0 Å². The van der Waals surface area contributed by atoms with Crippen molar-refractivity contribution in [3.05, 3.63) is 29.6 Å². The van der Waals surface area contributed by atoms with Crippen molar-refractivity contribution < 1.29 is 0 Å². The van der Waals surface area contributed by atoms with Crippen molar-refractivity contribution in [3.8, 4) is 0 Å². The van der Waals surface area contributed by atoms with Crippen molar-refractivity contribution in [1.82, 2.24) is 9.55 Å². The van der Waals surface area contributed by atoms with E-state index in [1.165, 1.54) is 30.3 Å². The van der Waals surface area contributed by atoms with Crippen LogP contribution in [0.15, 0.2) is 18.2 Å². The maximum Gasteiger partial charge on any atom is 0.125 e. The fourth-order valence-electron chi connectivity index (χ4n) is 5.30. The molecule has 3 fully saturated rings. The molecule has 0 N–H and O–H groups in total. The second-order valence-corrected chi connectivity index (χ2v) is 7.27. The molecule has 3 saturated carbocycles. The first kappa shape index (κ1) is 11.6. The Balaban J connectivity index is 1.67. The second kappa shape index (κ2) is 3.79. The molecule has 0 aliphatic heterocycles. The molecule has 2 nitrogen and oxygen atoms in total. The molecular weight excluding hydrogens is 268 g/mol. The number of hydrogen-bond acceptors (Lipinski definition) is 1. The summed E-state index contributed by atoms with van der Waals surface area (Å²) >= 11 is 6.18. The molecule has 1 aromatic carbocycles. The zero-order valence-electron chi connectivity index (χ0n) is 11.7. The predicted molar refractivity (Wildman–Crippen MR) is 80.9 cm³/mol. The van der Waals surface area contributed by atoms with Crippen LogP contribution in [0.2, 0.25) is 0 Å². The highest BCUT2D eigenvalue weighted by Crippen LogP contribution is 2.72.